The molecule has 0 unspecified atom stereocenters. The van der Waals surface area contributed by atoms with Crippen LogP contribution in [0, 0.1) is 22.7 Å². The van der Waals surface area contributed by atoms with Gasteiger partial charge in [0.25, 0.3) is 5.91 Å². The van der Waals surface area contributed by atoms with Crippen LogP contribution in [-0.2, 0) is 53.5 Å². The number of rotatable bonds is 25. The number of carboxylic acid groups (broad SMARTS) is 2. The fraction of sp³-hybridized carbons (Fsp3) is 0.259. The summed E-state index contributed by atoms with van der Waals surface area (Å²) < 4.78 is 12.7. The number of carbonyl (C=O) groups excluding carboxylic acids is 2. The molecule has 0 spiro atoms. The fourth-order valence-electron chi connectivity index (χ4n) is 8.41. The Morgan fingerprint density at radius 1 is 0.700 bits per heavy atom. The van der Waals surface area contributed by atoms with Crippen LogP contribution in [0.25, 0.3) is 22.3 Å². The molecule has 16 heteroatoms. The van der Waals surface area contributed by atoms with Gasteiger partial charge in [0.05, 0.1) is 11.1 Å². The van der Waals surface area contributed by atoms with E-state index < -0.39 is 11.9 Å². The van der Waals surface area contributed by atoms with Crippen LogP contribution in [0.4, 0.5) is 5.69 Å². The smallest absolute Gasteiger partial charge is 0.303 e. The Morgan fingerprint density at radius 2 is 1.29 bits per heavy atom. The van der Waals surface area contributed by atoms with Crippen molar-refractivity contribution in [3.05, 3.63) is 160 Å². The molecule has 16 nitrogen and oxygen atoms in total. The van der Waals surface area contributed by atoms with Crippen molar-refractivity contribution >= 4 is 29.9 Å². The number of hydrogen-bond donors (Lipinski definition) is 5. The molecule has 2 amide bonds. The van der Waals surface area contributed by atoms with Gasteiger partial charge in [-0.15, -0.1) is 0 Å². The number of pyridine rings is 2. The molecule has 0 saturated carbocycles. The van der Waals surface area contributed by atoms with E-state index in [0.717, 1.165) is 55.8 Å². The SMILES string of the molecule is N#Cc1cncc(COc2cc(C(=O)N3CCc4c(-c5cccc(-c6ccc(CNCCCC(=O)O)c(OCc7cncc(C#N)c7)c6)c5CCNC=O)cccc43)ccc2CNCCCC(=O)O)c1. The maximum absolute atomic E-state index is 14.5. The van der Waals surface area contributed by atoms with Crippen molar-refractivity contribution in [1.29, 1.82) is 10.5 Å². The highest BCUT2D eigenvalue weighted by Gasteiger charge is 2.29. The zero-order valence-corrected chi connectivity index (χ0v) is 38.4. The lowest BCUT2D eigenvalue weighted by Crippen LogP contribution is -2.29. The van der Waals surface area contributed by atoms with Gasteiger partial charge in [0.2, 0.25) is 6.41 Å². The molecule has 0 bridgehead atoms. The van der Waals surface area contributed by atoms with Crippen molar-refractivity contribution in [3.63, 3.8) is 0 Å². The number of amides is 2. The number of nitrogens with zero attached hydrogens (tertiary/aromatic N) is 5. The molecule has 0 atom stereocenters. The lowest BCUT2D eigenvalue weighted by Gasteiger charge is -2.21. The lowest BCUT2D eigenvalue weighted by molar-refractivity contribution is -0.138. The van der Waals surface area contributed by atoms with Crippen LogP contribution in [0.5, 0.6) is 11.5 Å². The van der Waals surface area contributed by atoms with Crippen molar-refractivity contribution in [2.24, 2.45) is 0 Å². The van der Waals surface area contributed by atoms with E-state index in [1.54, 1.807) is 41.6 Å². The van der Waals surface area contributed by atoms with Crippen molar-refractivity contribution < 1.29 is 38.9 Å². The Bertz CT molecular complexity index is 2950. The van der Waals surface area contributed by atoms with E-state index >= 15 is 0 Å². The molecule has 70 heavy (non-hydrogen) atoms. The minimum absolute atomic E-state index is 0.0407. The highest BCUT2D eigenvalue weighted by Crippen LogP contribution is 2.41. The minimum atomic E-state index is -0.866. The summed E-state index contributed by atoms with van der Waals surface area (Å²) in [5.74, 6) is -0.863. The van der Waals surface area contributed by atoms with Crippen LogP contribution < -0.4 is 30.3 Å². The average Bonchev–Trinajstić information content (AvgIpc) is 3.82. The molecule has 2 aromatic heterocycles. The third kappa shape index (κ3) is 13.0. The summed E-state index contributed by atoms with van der Waals surface area (Å²) in [6, 6.07) is 31.0. The Hall–Kier alpha value is -8.44. The van der Waals surface area contributed by atoms with Gasteiger partial charge in [0.15, 0.2) is 0 Å². The molecule has 1 aliphatic rings. The zero-order chi connectivity index (χ0) is 49.2. The number of carbonyl (C=O) groups is 4. The molecule has 0 aliphatic carbocycles. The second-order valence-corrected chi connectivity index (χ2v) is 16.6. The normalized spacial score (nSPS) is 11.5. The average molecular weight is 941 g/mol. The molecule has 6 aromatic rings. The van der Waals surface area contributed by atoms with Gasteiger partial charge in [-0.2, -0.15) is 10.5 Å². The summed E-state index contributed by atoms with van der Waals surface area (Å²) in [7, 11) is 0. The Balaban J connectivity index is 1.19. The van der Waals surface area contributed by atoms with Crippen LogP contribution in [-0.4, -0.2) is 70.6 Å². The highest BCUT2D eigenvalue weighted by atomic mass is 16.5. The molecule has 3 heterocycles. The van der Waals surface area contributed by atoms with E-state index in [1.165, 1.54) is 12.4 Å². The second-order valence-electron chi connectivity index (χ2n) is 16.6. The number of nitrogens with one attached hydrogen (secondary N) is 3. The Labute approximate surface area is 405 Å². The summed E-state index contributed by atoms with van der Waals surface area (Å²) in [5, 5.41) is 46.5. The van der Waals surface area contributed by atoms with Crippen molar-refractivity contribution in [2.75, 3.05) is 31.1 Å². The first-order valence-corrected chi connectivity index (χ1v) is 22.9. The number of ether oxygens (including phenoxy) is 2. The lowest BCUT2D eigenvalue weighted by atomic mass is 9.87. The molecule has 5 N–H and O–H groups in total. The zero-order valence-electron chi connectivity index (χ0n) is 38.4. The molecule has 4 aromatic carbocycles. The van der Waals surface area contributed by atoms with Crippen molar-refractivity contribution in [3.8, 4) is 45.9 Å². The maximum Gasteiger partial charge on any atom is 0.303 e. The van der Waals surface area contributed by atoms with Crippen LogP contribution in [0.2, 0.25) is 0 Å². The first kappa shape index (κ1) is 49.5. The molecule has 0 fully saturated rings. The summed E-state index contributed by atoms with van der Waals surface area (Å²) in [6.07, 6.45) is 9.00. The minimum Gasteiger partial charge on any atom is -0.488 e. The summed E-state index contributed by atoms with van der Waals surface area (Å²) in [4.78, 5) is 58.3. The largest absolute Gasteiger partial charge is 0.488 e. The first-order valence-electron chi connectivity index (χ1n) is 22.9. The Morgan fingerprint density at radius 3 is 1.90 bits per heavy atom. The summed E-state index contributed by atoms with van der Waals surface area (Å²) in [6.45, 7) is 2.84. The molecular formula is C54H52N8O8. The number of anilines is 1. The maximum atomic E-state index is 14.5. The van der Waals surface area contributed by atoms with Crippen molar-refractivity contribution in [2.45, 2.75) is 64.8 Å². The van der Waals surface area contributed by atoms with E-state index in [1.807, 2.05) is 48.5 Å². The number of fused-ring (bicyclic) bond motifs is 1. The fourth-order valence-corrected chi connectivity index (χ4v) is 8.41. The van der Waals surface area contributed by atoms with E-state index in [0.29, 0.717) is 105 Å². The van der Waals surface area contributed by atoms with Gasteiger partial charge >= 0.3 is 11.9 Å². The number of aromatic nitrogens is 2. The van der Waals surface area contributed by atoms with Gasteiger partial charge in [-0.3, -0.25) is 29.1 Å². The first-order chi connectivity index (χ1) is 34.1. The van der Waals surface area contributed by atoms with Gasteiger partial charge in [-0.05, 0) is 109 Å². The topological polar surface area (TPSA) is 240 Å². The van der Waals surface area contributed by atoms with E-state index in [4.69, 9.17) is 19.7 Å². The van der Waals surface area contributed by atoms with Crippen molar-refractivity contribution in [1.82, 2.24) is 25.9 Å². The number of carboxylic acids is 2. The summed E-state index contributed by atoms with van der Waals surface area (Å²) >= 11 is 0. The molecular weight excluding hydrogens is 889 g/mol. The highest BCUT2D eigenvalue weighted by molar-refractivity contribution is 6.08. The molecule has 7 rings (SSSR count). The van der Waals surface area contributed by atoms with Gasteiger partial charge in [-0.1, -0.05) is 48.5 Å². The van der Waals surface area contributed by atoms with Gasteiger partial charge in [0.1, 0.15) is 36.9 Å². The predicted octanol–water partition coefficient (Wildman–Crippen LogP) is 7.11. The number of nitriles is 2. The quantitative estimate of drug-likeness (QED) is 0.0284. The van der Waals surface area contributed by atoms with Crippen LogP contribution in [0.15, 0.2) is 110 Å². The van der Waals surface area contributed by atoms with Gasteiger partial charge in [0, 0.05) is 97.3 Å². The van der Waals surface area contributed by atoms with Crippen LogP contribution in [0.1, 0.15) is 80.5 Å². The molecule has 0 saturated heterocycles. The van der Waals surface area contributed by atoms with E-state index in [-0.39, 0.29) is 32.0 Å². The third-order valence-electron chi connectivity index (χ3n) is 11.8. The molecule has 356 valence electrons. The monoisotopic (exact) mass is 940 g/mol. The number of benzene rings is 4. The summed E-state index contributed by atoms with van der Waals surface area (Å²) in [5.41, 5.74) is 10.7. The van der Waals surface area contributed by atoms with Gasteiger partial charge < -0.3 is 40.5 Å². The van der Waals surface area contributed by atoms with E-state index in [9.17, 15) is 29.7 Å². The van der Waals surface area contributed by atoms with E-state index in [2.05, 4.69) is 50.2 Å². The third-order valence-corrected chi connectivity index (χ3v) is 11.8. The number of hydrogen-bond acceptors (Lipinski definition) is 12. The predicted molar refractivity (Wildman–Crippen MR) is 261 cm³/mol. The van der Waals surface area contributed by atoms with Crippen LogP contribution >= 0.6 is 0 Å². The molecule has 1 aliphatic heterocycles. The second kappa shape index (κ2) is 24.5. The standard InChI is InChI=1S/C54H52N8O8/c55-25-36-21-38(29-60-27-36)33-69-50-23-40(11-13-42(50)31-57-17-3-9-52(64)65)44-5-1-6-45(47(44)15-19-59-35-63)46-7-2-8-49-48(46)16-20-62(49)54(68)41-12-14-43(32-58-18-4-10-53(66)67)51(24-41)70-34-39-22-37(26-56)28-61-30-39/h1-2,5-8,11-14,21-24,27-30,35,57-58H,3-4,9-10,15-20,31-34H2,(H,59,63)(H,64,65)(H,66,67). The van der Waals surface area contributed by atoms with Gasteiger partial charge in [-0.25, -0.2) is 0 Å². The molecule has 0 radical (unpaired) electrons. The Kier molecular flexibility index (Phi) is 17.3. The number of aliphatic carboxylic acids is 2. The van der Waals surface area contributed by atoms with Crippen LogP contribution in [0.3, 0.4) is 0 Å².